The average molecular weight is 1250 g/mol. The Hall–Kier alpha value is -8.79. The minimum Gasteiger partial charge on any atom is -0.478 e. The number of fused-ring (bicyclic) bond motifs is 9. The van der Waals surface area contributed by atoms with Crippen LogP contribution in [0.15, 0.2) is 168 Å². The van der Waals surface area contributed by atoms with E-state index in [4.69, 9.17) is 23.1 Å². The molecule has 6 heterocycles. The van der Waals surface area contributed by atoms with Crippen LogP contribution < -0.4 is 22.0 Å². The molecule has 0 atom stereocenters. The zero-order chi connectivity index (χ0) is 55.1. The summed E-state index contributed by atoms with van der Waals surface area (Å²) in [5.74, 6) is -0.544. The summed E-state index contributed by atoms with van der Waals surface area (Å²) in [6.07, 6.45) is 5.61. The van der Waals surface area contributed by atoms with E-state index in [0.29, 0.717) is 84.0 Å². The summed E-state index contributed by atoms with van der Waals surface area (Å²) in [5.41, 5.74) is 5.35. The van der Waals surface area contributed by atoms with E-state index < -0.39 is 17.5 Å². The van der Waals surface area contributed by atoms with E-state index in [0.717, 1.165) is 49.9 Å². The van der Waals surface area contributed by atoms with Crippen molar-refractivity contribution in [3.63, 3.8) is 0 Å². The maximum Gasteiger partial charge on any atom is 0.337 e. The first-order chi connectivity index (χ1) is 38.2. The third kappa shape index (κ3) is 10.8. The van der Waals surface area contributed by atoms with Crippen LogP contribution in [0.5, 0.6) is 0 Å². The number of aromatic amines is 3. The highest BCUT2D eigenvalue weighted by Gasteiger charge is 2.21. The summed E-state index contributed by atoms with van der Waals surface area (Å²) in [4.78, 5) is 94.7. The Bertz CT molecular complexity index is 4610. The first kappa shape index (κ1) is 52.3. The van der Waals surface area contributed by atoms with Gasteiger partial charge in [0.1, 0.15) is 50.8 Å². The minimum atomic E-state index is -1.04. The van der Waals surface area contributed by atoms with E-state index in [-0.39, 0.29) is 45.4 Å². The second-order valence-electron chi connectivity index (χ2n) is 18.4. The van der Waals surface area contributed by atoms with Crippen LogP contribution in [0.25, 0.3) is 100 Å². The molecule has 6 aromatic carbocycles. The predicted molar refractivity (Wildman–Crippen MR) is 308 cm³/mol. The molecule has 0 unspecified atom stereocenters. The number of esters is 1. The van der Waals surface area contributed by atoms with Crippen LogP contribution in [0, 0.1) is 0 Å². The van der Waals surface area contributed by atoms with Crippen LogP contribution in [-0.4, -0.2) is 66.0 Å². The third-order valence-electron chi connectivity index (χ3n) is 13.1. The number of carboxylic acids is 1. The molecule has 13 rings (SSSR count). The topological polar surface area (TPSA) is 269 Å². The molecule has 0 saturated heterocycles. The van der Waals surface area contributed by atoms with E-state index in [2.05, 4.69) is 83.0 Å². The first-order valence-corrected chi connectivity index (χ1v) is 26.9. The van der Waals surface area contributed by atoms with Gasteiger partial charge in [0.2, 0.25) is 16.7 Å². The maximum absolute atomic E-state index is 12.7. The van der Waals surface area contributed by atoms with E-state index in [1.54, 1.807) is 72.8 Å². The third-order valence-corrected chi connectivity index (χ3v) is 14.6. The van der Waals surface area contributed by atoms with Crippen molar-refractivity contribution in [2.24, 2.45) is 0 Å². The van der Waals surface area contributed by atoms with Crippen molar-refractivity contribution in [3.05, 3.63) is 189 Å². The van der Waals surface area contributed by atoms with Crippen molar-refractivity contribution in [1.82, 2.24) is 35.2 Å². The van der Waals surface area contributed by atoms with Gasteiger partial charge in [0.15, 0.2) is 0 Å². The second-order valence-corrected chi connectivity index (χ2v) is 21.1. The average Bonchev–Trinajstić information content (AvgIpc) is 4.37. The van der Waals surface area contributed by atoms with Crippen LogP contribution in [0.4, 0.5) is 0 Å². The lowest BCUT2D eigenvalue weighted by Gasteiger charge is -2.22. The van der Waals surface area contributed by atoms with Crippen LogP contribution in [-0.2, 0) is 4.74 Å². The van der Waals surface area contributed by atoms with Crippen LogP contribution in [0.3, 0.4) is 0 Å². The van der Waals surface area contributed by atoms with E-state index >= 15 is 0 Å². The standard InChI is InChI=1S/C23H20BrN3O3.C18H11BrN2O4.C17H9BrN2O4/c24-15-9-10-18-17(12-15)19-20(30-18)23(29)27-21(26-19)13-5-4-6-14(11-13)22(28)25-16-7-2-1-3-8-16;1-24-18(23)10-4-2-3-9(7-10)16-20-14-12-8-11(19)5-6-13(12)25-15(14)17(22)21-16;18-10-4-5-12-11(7-10)13-14(24-12)16(21)20-15(19-13)8-2-1-3-9(6-8)17(22)23/h4-6,9-12,16H,1-3,7-8H2,(H,25,28)(H,26,27,29);2-8H,1H3,(H,20,21,22);1-7H,(H,22,23)(H,19,20,21). The van der Waals surface area contributed by atoms with Gasteiger partial charge in [0, 0.05) is 57.9 Å². The lowest BCUT2D eigenvalue weighted by atomic mass is 9.95. The number of aromatic nitrogens is 6. The molecule has 1 fully saturated rings. The fraction of sp³-hybridized carbons (Fsp3) is 0.121. The van der Waals surface area contributed by atoms with Gasteiger partial charge in [-0.2, -0.15) is 0 Å². The molecular weight excluding hydrogens is 1210 g/mol. The monoisotopic (exact) mass is 1250 g/mol. The highest BCUT2D eigenvalue weighted by Crippen LogP contribution is 2.33. The number of rotatable bonds is 7. The Morgan fingerprint density at radius 3 is 1.32 bits per heavy atom. The lowest BCUT2D eigenvalue weighted by Crippen LogP contribution is -2.36. The molecule has 0 aliphatic heterocycles. The number of aromatic carboxylic acids is 1. The molecule has 18 nitrogen and oxygen atoms in total. The molecule has 1 saturated carbocycles. The number of nitrogens with one attached hydrogen (secondary N) is 4. The smallest absolute Gasteiger partial charge is 0.337 e. The number of carbonyl (C=O) groups excluding carboxylic acids is 2. The molecule has 1 aliphatic carbocycles. The summed E-state index contributed by atoms with van der Waals surface area (Å²) in [5, 5.41) is 14.4. The van der Waals surface area contributed by atoms with Crippen molar-refractivity contribution in [3.8, 4) is 34.2 Å². The number of hydrogen-bond donors (Lipinski definition) is 5. The summed E-state index contributed by atoms with van der Waals surface area (Å²) in [6, 6.07) is 36.8. The fourth-order valence-corrected chi connectivity index (χ4v) is 10.4. The molecular formula is C58H40Br3N7O11. The Balaban J connectivity index is 0.000000126. The van der Waals surface area contributed by atoms with Crippen molar-refractivity contribution in [2.75, 3.05) is 7.11 Å². The van der Waals surface area contributed by atoms with Gasteiger partial charge in [-0.1, -0.05) is 103 Å². The number of H-pyrrole nitrogens is 3. The Morgan fingerprint density at radius 2 is 0.911 bits per heavy atom. The molecule has 6 aromatic heterocycles. The van der Waals surface area contributed by atoms with Gasteiger partial charge in [0.25, 0.3) is 22.6 Å². The van der Waals surface area contributed by atoms with E-state index in [1.165, 1.54) is 25.7 Å². The normalized spacial score (nSPS) is 12.6. The SMILES string of the molecule is COC(=O)c1cccc(-c2nc3c(oc4ccc(Br)cc43)c(=O)[nH]2)c1.O=C(NC1CCCCC1)c1cccc(-c2nc3c(oc4ccc(Br)cc43)c(=O)[nH]2)c1.O=C(O)c1cccc(-c2nc3c(oc4ccc(Br)cc43)c(=O)[nH]2)c1. The summed E-state index contributed by atoms with van der Waals surface area (Å²) in [6.45, 7) is 0. The summed E-state index contributed by atoms with van der Waals surface area (Å²) >= 11 is 10.3. The number of nitrogens with zero attached hydrogens (tertiary/aromatic N) is 3. The summed E-state index contributed by atoms with van der Waals surface area (Å²) < 4.78 is 24.2. The molecule has 5 N–H and O–H groups in total. The number of methoxy groups -OCH3 is 1. The number of ether oxygens (including phenoxy) is 1. The molecule has 0 radical (unpaired) electrons. The van der Waals surface area contributed by atoms with Crippen LogP contribution in [0.2, 0.25) is 0 Å². The number of hydrogen-bond acceptors (Lipinski definition) is 13. The molecule has 1 aliphatic rings. The maximum atomic E-state index is 12.7. The van der Waals surface area contributed by atoms with Gasteiger partial charge in [-0.05, 0) is 104 Å². The number of carbonyl (C=O) groups is 3. The van der Waals surface area contributed by atoms with Gasteiger partial charge in [-0.15, -0.1) is 0 Å². The molecule has 0 spiro atoms. The van der Waals surface area contributed by atoms with E-state index in [9.17, 15) is 28.8 Å². The van der Waals surface area contributed by atoms with Crippen LogP contribution >= 0.6 is 47.8 Å². The zero-order valence-electron chi connectivity index (χ0n) is 41.2. The van der Waals surface area contributed by atoms with Gasteiger partial charge in [0.05, 0.1) is 18.2 Å². The van der Waals surface area contributed by atoms with Crippen molar-refractivity contribution >= 4 is 132 Å². The van der Waals surface area contributed by atoms with Gasteiger partial charge in [-0.25, -0.2) is 24.5 Å². The minimum absolute atomic E-state index is 0.0927. The highest BCUT2D eigenvalue weighted by atomic mass is 79.9. The Kier molecular flexibility index (Phi) is 14.5. The van der Waals surface area contributed by atoms with Crippen molar-refractivity contribution in [1.29, 1.82) is 0 Å². The number of amides is 1. The van der Waals surface area contributed by atoms with Crippen molar-refractivity contribution < 1.29 is 37.5 Å². The van der Waals surface area contributed by atoms with Gasteiger partial charge >= 0.3 is 11.9 Å². The number of carboxylic acid groups (broad SMARTS) is 1. The largest absolute Gasteiger partial charge is 0.478 e. The summed E-state index contributed by atoms with van der Waals surface area (Å²) in [7, 11) is 1.32. The number of furan rings is 3. The van der Waals surface area contributed by atoms with E-state index in [1.807, 2.05) is 42.5 Å². The molecule has 21 heteroatoms. The fourth-order valence-electron chi connectivity index (χ4n) is 9.32. The number of benzene rings is 6. The second kappa shape index (κ2) is 21.9. The van der Waals surface area contributed by atoms with Crippen molar-refractivity contribution in [2.45, 2.75) is 38.1 Å². The Labute approximate surface area is 469 Å². The zero-order valence-corrected chi connectivity index (χ0v) is 46.0. The molecule has 79 heavy (non-hydrogen) atoms. The quantitative estimate of drug-likeness (QED) is 0.0929. The molecule has 1 amide bonds. The molecule has 394 valence electrons. The molecule has 0 bridgehead atoms. The first-order valence-electron chi connectivity index (χ1n) is 24.5. The van der Waals surface area contributed by atoms with Crippen LogP contribution in [0.1, 0.15) is 63.2 Å². The molecule has 12 aromatic rings. The predicted octanol–water partition coefficient (Wildman–Crippen LogP) is 12.8. The van der Waals surface area contributed by atoms with Gasteiger partial charge < -0.3 is 43.4 Å². The number of halogens is 3. The highest BCUT2D eigenvalue weighted by molar-refractivity contribution is 9.11. The lowest BCUT2D eigenvalue weighted by molar-refractivity contribution is 0.0599. The Morgan fingerprint density at radius 1 is 0.532 bits per heavy atom. The van der Waals surface area contributed by atoms with Gasteiger partial charge in [-0.3, -0.25) is 19.2 Å².